The number of thioether (sulfide) groups is 1. The van der Waals surface area contributed by atoms with E-state index in [-0.39, 0.29) is 0 Å². The van der Waals surface area contributed by atoms with Gasteiger partial charge in [0.2, 0.25) is 0 Å². The first-order valence-electron chi connectivity index (χ1n) is 6.41. The molecule has 0 aromatic heterocycles. The number of unbranched alkanes of at least 4 members (excludes halogenated alkanes) is 1. The predicted octanol–water partition coefficient (Wildman–Crippen LogP) is 3.53. The number of nitrogens with one attached hydrogen (secondary N) is 1. The van der Waals surface area contributed by atoms with Crippen LogP contribution in [0.4, 0.5) is 0 Å². The quantitative estimate of drug-likeness (QED) is 0.746. The average molecular weight is 242 g/mol. The number of rotatable bonds is 5. The SMILES string of the molecule is CC(C)CCCCNC1=NCC(C)(C)CS1. The first-order chi connectivity index (χ1) is 7.49. The molecule has 1 aliphatic rings. The molecule has 94 valence electrons. The van der Waals surface area contributed by atoms with E-state index >= 15 is 0 Å². The molecule has 1 N–H and O–H groups in total. The summed E-state index contributed by atoms with van der Waals surface area (Å²) in [4.78, 5) is 4.58. The second-order valence-electron chi connectivity index (χ2n) is 5.89. The van der Waals surface area contributed by atoms with Crippen LogP contribution in [0, 0.1) is 11.3 Å². The molecule has 1 rings (SSSR count). The number of aliphatic imine (C=N–C) groups is 1. The van der Waals surface area contributed by atoms with Gasteiger partial charge >= 0.3 is 0 Å². The lowest BCUT2D eigenvalue weighted by Crippen LogP contribution is -2.31. The molecule has 0 saturated heterocycles. The summed E-state index contributed by atoms with van der Waals surface area (Å²) in [6.45, 7) is 11.2. The monoisotopic (exact) mass is 242 g/mol. The van der Waals surface area contributed by atoms with Gasteiger partial charge in [-0.3, -0.25) is 4.99 Å². The fraction of sp³-hybridized carbons (Fsp3) is 0.923. The summed E-state index contributed by atoms with van der Waals surface area (Å²) in [5.74, 6) is 2.02. The van der Waals surface area contributed by atoms with Gasteiger partial charge in [0.25, 0.3) is 0 Å². The van der Waals surface area contributed by atoms with Crippen molar-refractivity contribution >= 4 is 16.9 Å². The summed E-state index contributed by atoms with van der Waals surface area (Å²) in [5.41, 5.74) is 0.382. The molecule has 0 aromatic rings. The topological polar surface area (TPSA) is 24.4 Å². The Kier molecular flexibility index (Phi) is 5.67. The van der Waals surface area contributed by atoms with Crippen LogP contribution in [0.2, 0.25) is 0 Å². The van der Waals surface area contributed by atoms with E-state index < -0.39 is 0 Å². The number of amidine groups is 1. The fourth-order valence-electron chi connectivity index (χ4n) is 1.62. The van der Waals surface area contributed by atoms with Gasteiger partial charge in [-0.15, -0.1) is 0 Å². The van der Waals surface area contributed by atoms with E-state index in [0.29, 0.717) is 5.41 Å². The molecule has 0 aliphatic carbocycles. The van der Waals surface area contributed by atoms with Gasteiger partial charge in [-0.1, -0.05) is 52.3 Å². The number of hydrogen-bond acceptors (Lipinski definition) is 3. The third-order valence-corrected chi connectivity index (χ3v) is 4.21. The van der Waals surface area contributed by atoms with E-state index in [9.17, 15) is 0 Å². The zero-order valence-electron chi connectivity index (χ0n) is 11.2. The van der Waals surface area contributed by atoms with Crippen LogP contribution in [0.3, 0.4) is 0 Å². The van der Waals surface area contributed by atoms with E-state index in [0.717, 1.165) is 24.2 Å². The van der Waals surface area contributed by atoms with Crippen LogP contribution in [0.15, 0.2) is 4.99 Å². The van der Waals surface area contributed by atoms with Crippen LogP contribution in [0.1, 0.15) is 47.0 Å². The molecule has 3 heteroatoms. The molecular formula is C13H26N2S. The van der Waals surface area contributed by atoms with Gasteiger partial charge in [0.15, 0.2) is 5.17 Å². The van der Waals surface area contributed by atoms with Crippen molar-refractivity contribution in [3.05, 3.63) is 0 Å². The largest absolute Gasteiger partial charge is 0.365 e. The van der Waals surface area contributed by atoms with Gasteiger partial charge in [-0.05, 0) is 17.8 Å². The minimum absolute atomic E-state index is 0.382. The molecule has 1 aliphatic heterocycles. The van der Waals surface area contributed by atoms with Crippen LogP contribution in [-0.4, -0.2) is 24.0 Å². The summed E-state index contributed by atoms with van der Waals surface area (Å²) in [5, 5.41) is 4.60. The van der Waals surface area contributed by atoms with Crippen LogP contribution in [-0.2, 0) is 0 Å². The van der Waals surface area contributed by atoms with Crippen molar-refractivity contribution in [3.8, 4) is 0 Å². The molecule has 0 bridgehead atoms. The van der Waals surface area contributed by atoms with Gasteiger partial charge in [-0.2, -0.15) is 0 Å². The molecule has 0 radical (unpaired) electrons. The lowest BCUT2D eigenvalue weighted by molar-refractivity contribution is 0.436. The van der Waals surface area contributed by atoms with Crippen molar-refractivity contribution < 1.29 is 0 Å². The Morgan fingerprint density at radius 2 is 2.12 bits per heavy atom. The maximum atomic E-state index is 4.58. The number of hydrogen-bond donors (Lipinski definition) is 1. The van der Waals surface area contributed by atoms with Crippen LogP contribution >= 0.6 is 11.8 Å². The second-order valence-corrected chi connectivity index (χ2v) is 6.85. The number of nitrogens with zero attached hydrogens (tertiary/aromatic N) is 1. The van der Waals surface area contributed by atoms with Gasteiger partial charge in [0, 0.05) is 18.8 Å². The molecule has 0 atom stereocenters. The summed E-state index contributed by atoms with van der Waals surface area (Å²) < 4.78 is 0. The minimum atomic E-state index is 0.382. The third-order valence-electron chi connectivity index (χ3n) is 2.73. The first kappa shape index (κ1) is 13.9. The van der Waals surface area contributed by atoms with Gasteiger partial charge in [0.1, 0.15) is 0 Å². The van der Waals surface area contributed by atoms with E-state index in [1.165, 1.54) is 25.0 Å². The third kappa shape index (κ3) is 5.78. The summed E-state index contributed by atoms with van der Waals surface area (Å²) >= 11 is 1.87. The fourth-order valence-corrected chi connectivity index (χ4v) is 2.60. The molecular weight excluding hydrogens is 216 g/mol. The van der Waals surface area contributed by atoms with Gasteiger partial charge < -0.3 is 5.32 Å². The Hall–Kier alpha value is -0.180. The highest BCUT2D eigenvalue weighted by Gasteiger charge is 2.22. The average Bonchev–Trinajstić information content (AvgIpc) is 2.19. The van der Waals surface area contributed by atoms with Crippen molar-refractivity contribution in [3.63, 3.8) is 0 Å². The second kappa shape index (κ2) is 6.53. The molecule has 16 heavy (non-hydrogen) atoms. The Balaban J connectivity index is 2.08. The van der Waals surface area contributed by atoms with E-state index in [1.54, 1.807) is 0 Å². The van der Waals surface area contributed by atoms with Crippen LogP contribution in [0.5, 0.6) is 0 Å². The lowest BCUT2D eigenvalue weighted by Gasteiger charge is -2.27. The minimum Gasteiger partial charge on any atom is -0.365 e. The maximum absolute atomic E-state index is 4.58. The predicted molar refractivity (Wildman–Crippen MR) is 75.2 cm³/mol. The summed E-state index contributed by atoms with van der Waals surface area (Å²) in [7, 11) is 0. The Morgan fingerprint density at radius 1 is 1.38 bits per heavy atom. The Labute approximate surface area is 105 Å². The highest BCUT2D eigenvalue weighted by atomic mass is 32.2. The summed E-state index contributed by atoms with van der Waals surface area (Å²) in [6, 6.07) is 0. The normalized spacial score (nSPS) is 19.7. The van der Waals surface area contributed by atoms with Crippen molar-refractivity contribution in [2.45, 2.75) is 47.0 Å². The van der Waals surface area contributed by atoms with Crippen LogP contribution in [0.25, 0.3) is 0 Å². The van der Waals surface area contributed by atoms with E-state index in [2.05, 4.69) is 38.0 Å². The molecule has 1 heterocycles. The van der Waals surface area contributed by atoms with Crippen molar-refractivity contribution in [2.75, 3.05) is 18.8 Å². The smallest absolute Gasteiger partial charge is 0.156 e. The van der Waals surface area contributed by atoms with Crippen molar-refractivity contribution in [1.29, 1.82) is 0 Å². The Morgan fingerprint density at radius 3 is 2.69 bits per heavy atom. The first-order valence-corrected chi connectivity index (χ1v) is 7.39. The van der Waals surface area contributed by atoms with Gasteiger partial charge in [0.05, 0.1) is 0 Å². The molecule has 0 saturated carbocycles. The highest BCUT2D eigenvalue weighted by molar-refractivity contribution is 8.13. The standard InChI is InChI=1S/C13H26N2S/c1-11(2)7-5-6-8-14-12-15-9-13(3,4)10-16-12/h11H,5-10H2,1-4H3,(H,14,15). The summed E-state index contributed by atoms with van der Waals surface area (Å²) in [6.07, 6.45) is 3.93. The zero-order chi connectivity index (χ0) is 12.0. The molecule has 0 aromatic carbocycles. The zero-order valence-corrected chi connectivity index (χ0v) is 12.0. The van der Waals surface area contributed by atoms with E-state index in [1.807, 2.05) is 11.8 Å². The molecule has 0 unspecified atom stereocenters. The molecule has 0 spiro atoms. The van der Waals surface area contributed by atoms with Crippen molar-refractivity contribution in [1.82, 2.24) is 5.32 Å². The maximum Gasteiger partial charge on any atom is 0.156 e. The van der Waals surface area contributed by atoms with Crippen molar-refractivity contribution in [2.24, 2.45) is 16.3 Å². The van der Waals surface area contributed by atoms with Gasteiger partial charge in [-0.25, -0.2) is 0 Å². The Bertz CT molecular complexity index is 234. The highest BCUT2D eigenvalue weighted by Crippen LogP contribution is 2.26. The molecule has 0 fully saturated rings. The molecule has 2 nitrogen and oxygen atoms in total. The van der Waals surface area contributed by atoms with E-state index in [4.69, 9.17) is 0 Å². The molecule has 0 amide bonds. The lowest BCUT2D eigenvalue weighted by atomic mass is 9.97. The van der Waals surface area contributed by atoms with Crippen LogP contribution < -0.4 is 5.32 Å².